The zero-order chi connectivity index (χ0) is 13.4. The van der Waals surface area contributed by atoms with E-state index in [0.29, 0.717) is 18.5 Å². The summed E-state index contributed by atoms with van der Waals surface area (Å²) >= 11 is 0. The van der Waals surface area contributed by atoms with E-state index in [1.807, 2.05) is 30.3 Å². The first-order valence-corrected chi connectivity index (χ1v) is 6.00. The quantitative estimate of drug-likeness (QED) is 0.644. The average molecular weight is 249 g/mol. The monoisotopic (exact) mass is 249 g/mol. The van der Waals surface area contributed by atoms with E-state index >= 15 is 0 Å². The molecule has 0 saturated carbocycles. The van der Waals surface area contributed by atoms with Crippen LogP contribution in [0.1, 0.15) is 24.9 Å². The molecule has 3 N–H and O–H groups in total. The first kappa shape index (κ1) is 14.4. The number of nitrogens with one attached hydrogen (secondary N) is 1. The highest BCUT2D eigenvalue weighted by atomic mass is 16.4. The molecule has 0 saturated heterocycles. The zero-order valence-corrected chi connectivity index (χ0v) is 10.5. The second-order valence-corrected chi connectivity index (χ2v) is 3.94. The van der Waals surface area contributed by atoms with Gasteiger partial charge >= 0.3 is 5.97 Å². The summed E-state index contributed by atoms with van der Waals surface area (Å²) in [4.78, 5) is 10.8. The molecule has 0 amide bonds. The number of carboxylic acid groups (broad SMARTS) is 1. The van der Waals surface area contributed by atoms with Gasteiger partial charge < -0.3 is 15.5 Å². The van der Waals surface area contributed by atoms with Crippen LogP contribution in [0, 0.1) is 0 Å². The molecular formula is C14H19NO3. The van der Waals surface area contributed by atoms with Gasteiger partial charge in [0.05, 0.1) is 12.6 Å². The van der Waals surface area contributed by atoms with Gasteiger partial charge in [0, 0.05) is 12.1 Å². The van der Waals surface area contributed by atoms with Crippen molar-refractivity contribution in [2.24, 2.45) is 0 Å². The third-order valence-corrected chi connectivity index (χ3v) is 2.75. The molecule has 1 unspecified atom stereocenters. The first-order chi connectivity index (χ1) is 8.69. The predicted octanol–water partition coefficient (Wildman–Crippen LogP) is 1.73. The van der Waals surface area contributed by atoms with Crippen LogP contribution in [-0.4, -0.2) is 29.3 Å². The van der Waals surface area contributed by atoms with E-state index in [1.54, 1.807) is 13.0 Å². The lowest BCUT2D eigenvalue weighted by Gasteiger charge is -2.15. The highest BCUT2D eigenvalue weighted by molar-refractivity contribution is 5.86. The molecule has 18 heavy (non-hydrogen) atoms. The summed E-state index contributed by atoms with van der Waals surface area (Å²) < 4.78 is 0. The van der Waals surface area contributed by atoms with Crippen molar-refractivity contribution in [2.75, 3.05) is 13.2 Å². The second kappa shape index (κ2) is 7.63. The van der Waals surface area contributed by atoms with Crippen molar-refractivity contribution in [3.05, 3.63) is 47.5 Å². The highest BCUT2D eigenvalue weighted by Crippen LogP contribution is 2.11. The molecule has 0 aliphatic rings. The SMILES string of the molecule is CC/C(=C/CNC(CO)c1ccccc1)C(=O)O. The molecule has 0 fully saturated rings. The highest BCUT2D eigenvalue weighted by Gasteiger charge is 2.08. The van der Waals surface area contributed by atoms with E-state index in [4.69, 9.17) is 5.11 Å². The molecule has 4 heteroatoms. The zero-order valence-electron chi connectivity index (χ0n) is 10.5. The largest absolute Gasteiger partial charge is 0.478 e. The van der Waals surface area contributed by atoms with Gasteiger partial charge in [-0.2, -0.15) is 0 Å². The van der Waals surface area contributed by atoms with Crippen LogP contribution in [0.15, 0.2) is 42.0 Å². The maximum atomic E-state index is 10.8. The van der Waals surface area contributed by atoms with E-state index in [0.717, 1.165) is 5.56 Å². The van der Waals surface area contributed by atoms with Crippen LogP contribution in [0.4, 0.5) is 0 Å². The Balaban J connectivity index is 2.58. The molecule has 0 heterocycles. The van der Waals surface area contributed by atoms with Crippen LogP contribution in [0.25, 0.3) is 0 Å². The molecule has 1 aromatic carbocycles. The van der Waals surface area contributed by atoms with Crippen LogP contribution < -0.4 is 5.32 Å². The Hall–Kier alpha value is -1.65. The molecule has 0 aliphatic carbocycles. The topological polar surface area (TPSA) is 69.6 Å². The molecule has 0 bridgehead atoms. The molecule has 0 spiro atoms. The van der Waals surface area contributed by atoms with E-state index in [9.17, 15) is 9.90 Å². The second-order valence-electron chi connectivity index (χ2n) is 3.94. The Morgan fingerprint density at radius 1 is 1.39 bits per heavy atom. The van der Waals surface area contributed by atoms with E-state index in [1.165, 1.54) is 0 Å². The maximum absolute atomic E-state index is 10.8. The minimum absolute atomic E-state index is 0.0214. The number of carbonyl (C=O) groups is 1. The summed E-state index contributed by atoms with van der Waals surface area (Å²) in [5, 5.41) is 21.3. The van der Waals surface area contributed by atoms with E-state index in [-0.39, 0.29) is 12.6 Å². The van der Waals surface area contributed by atoms with Crippen LogP contribution in [-0.2, 0) is 4.79 Å². The summed E-state index contributed by atoms with van der Waals surface area (Å²) in [6.07, 6.45) is 2.14. The number of aliphatic hydroxyl groups excluding tert-OH is 1. The van der Waals surface area contributed by atoms with Crippen LogP contribution in [0.5, 0.6) is 0 Å². The fraction of sp³-hybridized carbons (Fsp3) is 0.357. The molecule has 1 atom stereocenters. The molecule has 4 nitrogen and oxygen atoms in total. The number of hydrogen-bond donors (Lipinski definition) is 3. The lowest BCUT2D eigenvalue weighted by Crippen LogP contribution is -2.25. The molecule has 1 aromatic rings. The van der Waals surface area contributed by atoms with Crippen molar-refractivity contribution in [3.63, 3.8) is 0 Å². The summed E-state index contributed by atoms with van der Waals surface area (Å²) in [6, 6.07) is 9.41. The van der Waals surface area contributed by atoms with E-state index < -0.39 is 5.97 Å². The maximum Gasteiger partial charge on any atom is 0.331 e. The molecular weight excluding hydrogens is 230 g/mol. The number of aliphatic hydroxyl groups is 1. The minimum Gasteiger partial charge on any atom is -0.478 e. The number of rotatable bonds is 7. The summed E-state index contributed by atoms with van der Waals surface area (Å²) in [5.41, 5.74) is 1.37. The van der Waals surface area contributed by atoms with Crippen LogP contribution in [0.3, 0.4) is 0 Å². The van der Waals surface area contributed by atoms with E-state index in [2.05, 4.69) is 5.32 Å². The fourth-order valence-corrected chi connectivity index (χ4v) is 1.68. The van der Waals surface area contributed by atoms with Gasteiger partial charge in [0.25, 0.3) is 0 Å². The minimum atomic E-state index is -0.889. The Morgan fingerprint density at radius 3 is 2.56 bits per heavy atom. The summed E-state index contributed by atoms with van der Waals surface area (Å²) in [7, 11) is 0. The van der Waals surface area contributed by atoms with Crippen molar-refractivity contribution in [2.45, 2.75) is 19.4 Å². The van der Waals surface area contributed by atoms with Crippen LogP contribution >= 0.6 is 0 Å². The standard InChI is InChI=1S/C14H19NO3/c1-2-11(14(17)18)8-9-15-13(10-16)12-6-4-3-5-7-12/h3-8,13,15-16H,2,9-10H2,1H3,(H,17,18)/b11-8-. The number of benzene rings is 1. The number of hydrogen-bond acceptors (Lipinski definition) is 3. The van der Waals surface area contributed by atoms with Crippen LogP contribution in [0.2, 0.25) is 0 Å². The lowest BCUT2D eigenvalue weighted by molar-refractivity contribution is -0.132. The third-order valence-electron chi connectivity index (χ3n) is 2.75. The fourth-order valence-electron chi connectivity index (χ4n) is 1.68. The first-order valence-electron chi connectivity index (χ1n) is 6.00. The molecule has 0 radical (unpaired) electrons. The normalized spacial score (nSPS) is 13.3. The van der Waals surface area contributed by atoms with Crippen molar-refractivity contribution < 1.29 is 15.0 Å². The Labute approximate surface area is 107 Å². The molecule has 0 aromatic heterocycles. The predicted molar refractivity (Wildman–Crippen MR) is 70.3 cm³/mol. The molecule has 1 rings (SSSR count). The lowest BCUT2D eigenvalue weighted by atomic mass is 10.1. The average Bonchev–Trinajstić information content (AvgIpc) is 2.39. The smallest absolute Gasteiger partial charge is 0.331 e. The number of carboxylic acids is 1. The Kier molecular flexibility index (Phi) is 6.11. The molecule has 98 valence electrons. The number of aliphatic carboxylic acids is 1. The van der Waals surface area contributed by atoms with Gasteiger partial charge in [-0.1, -0.05) is 43.3 Å². The van der Waals surface area contributed by atoms with Crippen molar-refractivity contribution >= 4 is 5.97 Å². The van der Waals surface area contributed by atoms with Gasteiger partial charge in [0.2, 0.25) is 0 Å². The summed E-state index contributed by atoms with van der Waals surface area (Å²) in [5.74, 6) is -0.889. The van der Waals surface area contributed by atoms with Gasteiger partial charge in [0.1, 0.15) is 0 Å². The summed E-state index contributed by atoms with van der Waals surface area (Å²) in [6.45, 7) is 2.21. The molecule has 0 aliphatic heterocycles. The van der Waals surface area contributed by atoms with Gasteiger partial charge in [-0.05, 0) is 12.0 Å². The van der Waals surface area contributed by atoms with Gasteiger partial charge in [-0.25, -0.2) is 4.79 Å². The van der Waals surface area contributed by atoms with Crippen molar-refractivity contribution in [1.82, 2.24) is 5.32 Å². The van der Waals surface area contributed by atoms with Crippen molar-refractivity contribution in [3.8, 4) is 0 Å². The Bertz CT molecular complexity index is 401. The van der Waals surface area contributed by atoms with Gasteiger partial charge in [0.15, 0.2) is 0 Å². The van der Waals surface area contributed by atoms with Gasteiger partial charge in [-0.3, -0.25) is 0 Å². The Morgan fingerprint density at radius 2 is 2.06 bits per heavy atom. The van der Waals surface area contributed by atoms with Gasteiger partial charge in [-0.15, -0.1) is 0 Å². The third kappa shape index (κ3) is 4.31. The van der Waals surface area contributed by atoms with Crippen molar-refractivity contribution in [1.29, 1.82) is 0 Å².